The lowest BCUT2D eigenvalue weighted by Gasteiger charge is -2.30. The van der Waals surface area contributed by atoms with Crippen LogP contribution >= 0.6 is 22.7 Å². The number of carbonyl (C=O) groups excluding carboxylic acids is 1. The third kappa shape index (κ3) is 3.13. The Morgan fingerprint density at radius 3 is 2.55 bits per heavy atom. The van der Waals surface area contributed by atoms with Crippen molar-refractivity contribution >= 4 is 53.6 Å². The monoisotopic (exact) mass is 447 g/mol. The molecule has 1 aliphatic carbocycles. The van der Waals surface area contributed by atoms with E-state index in [1.165, 1.54) is 41.9 Å². The fourth-order valence-electron chi connectivity index (χ4n) is 5.11. The van der Waals surface area contributed by atoms with Crippen molar-refractivity contribution in [1.29, 1.82) is 0 Å². The Kier molecular flexibility index (Phi) is 4.50. The quantitative estimate of drug-likeness (QED) is 0.339. The van der Waals surface area contributed by atoms with Gasteiger partial charge in [-0.1, -0.05) is 50.2 Å². The van der Waals surface area contributed by atoms with Gasteiger partial charge >= 0.3 is 0 Å². The summed E-state index contributed by atoms with van der Waals surface area (Å²) < 4.78 is 8.28. The lowest BCUT2D eigenvalue weighted by atomic mass is 9.75. The van der Waals surface area contributed by atoms with Gasteiger partial charge in [0.25, 0.3) is 0 Å². The molecule has 4 aromatic rings. The molecule has 1 saturated heterocycles. The van der Waals surface area contributed by atoms with Gasteiger partial charge in [-0.2, -0.15) is 0 Å². The Bertz CT molecular complexity index is 1320. The molecule has 2 aliphatic rings. The van der Waals surface area contributed by atoms with Crippen molar-refractivity contribution in [3.8, 4) is 11.1 Å². The van der Waals surface area contributed by atoms with Gasteiger partial charge in [0.15, 0.2) is 5.78 Å². The largest absolute Gasteiger partial charge is 0.378 e. The Hall–Kier alpha value is -2.21. The summed E-state index contributed by atoms with van der Waals surface area (Å²) in [5.74, 6) is 0.306. The second-order valence-electron chi connectivity index (χ2n) is 9.41. The average Bonchev–Trinajstić information content (AvgIpc) is 3.32. The van der Waals surface area contributed by atoms with E-state index in [0.717, 1.165) is 37.6 Å². The molecule has 0 atom stereocenters. The minimum Gasteiger partial charge on any atom is -0.378 e. The minimum atomic E-state index is -0.00373. The Morgan fingerprint density at radius 2 is 1.71 bits per heavy atom. The third-order valence-corrected chi connectivity index (χ3v) is 9.06. The third-order valence-electron chi connectivity index (χ3n) is 6.51. The normalized spacial score (nSPS) is 18.6. The SMILES string of the molecule is CC1(C)CC(=O)c2sc(N3CCOCC3)c(-c3cccc4c3sc3ccccc34)c2C1. The van der Waals surface area contributed by atoms with Gasteiger partial charge in [0, 0.05) is 50.8 Å². The number of Topliss-reactive ketones (excluding diaryl/α,β-unsaturated/α-hetero) is 1. The molecule has 3 nitrogen and oxygen atoms in total. The molecule has 0 spiro atoms. The van der Waals surface area contributed by atoms with Gasteiger partial charge < -0.3 is 9.64 Å². The zero-order valence-electron chi connectivity index (χ0n) is 17.9. The summed E-state index contributed by atoms with van der Waals surface area (Å²) in [6.45, 7) is 7.70. The fourth-order valence-corrected chi connectivity index (χ4v) is 7.66. The number of ketones is 1. The number of hydrogen-bond acceptors (Lipinski definition) is 5. The van der Waals surface area contributed by atoms with Crippen molar-refractivity contribution in [3.05, 3.63) is 52.9 Å². The van der Waals surface area contributed by atoms with E-state index < -0.39 is 0 Å². The molecular formula is C26H25NO2S2. The van der Waals surface area contributed by atoms with Crippen molar-refractivity contribution < 1.29 is 9.53 Å². The van der Waals surface area contributed by atoms with Crippen LogP contribution in [0.4, 0.5) is 5.00 Å². The van der Waals surface area contributed by atoms with Crippen LogP contribution in [-0.4, -0.2) is 32.1 Å². The summed E-state index contributed by atoms with van der Waals surface area (Å²) >= 11 is 3.58. The molecule has 0 saturated carbocycles. The van der Waals surface area contributed by atoms with Gasteiger partial charge in [0.05, 0.1) is 18.1 Å². The number of fused-ring (bicyclic) bond motifs is 4. The van der Waals surface area contributed by atoms with Crippen LogP contribution < -0.4 is 4.90 Å². The first-order valence-corrected chi connectivity index (χ1v) is 12.6. The molecule has 0 radical (unpaired) electrons. The molecule has 0 N–H and O–H groups in total. The second kappa shape index (κ2) is 7.16. The fraction of sp³-hybridized carbons (Fsp3) is 0.346. The van der Waals surface area contributed by atoms with Gasteiger partial charge in [-0.05, 0) is 23.5 Å². The average molecular weight is 448 g/mol. The van der Waals surface area contributed by atoms with E-state index in [4.69, 9.17) is 4.74 Å². The number of rotatable bonds is 2. The van der Waals surface area contributed by atoms with Gasteiger partial charge in [-0.3, -0.25) is 4.79 Å². The number of anilines is 1. The molecule has 2 aromatic carbocycles. The number of morpholine rings is 1. The van der Waals surface area contributed by atoms with Crippen LogP contribution in [-0.2, 0) is 11.2 Å². The summed E-state index contributed by atoms with van der Waals surface area (Å²) in [5, 5.41) is 3.88. The maximum atomic E-state index is 13.2. The molecule has 31 heavy (non-hydrogen) atoms. The van der Waals surface area contributed by atoms with E-state index in [0.29, 0.717) is 12.2 Å². The second-order valence-corrected chi connectivity index (χ2v) is 11.5. The molecule has 0 bridgehead atoms. The highest BCUT2D eigenvalue weighted by Gasteiger charge is 2.37. The van der Waals surface area contributed by atoms with Gasteiger partial charge in [-0.25, -0.2) is 0 Å². The van der Waals surface area contributed by atoms with E-state index in [1.807, 2.05) is 11.3 Å². The maximum absolute atomic E-state index is 13.2. The first-order valence-electron chi connectivity index (χ1n) is 10.9. The molecule has 0 amide bonds. The van der Waals surface area contributed by atoms with Crippen LogP contribution in [0.25, 0.3) is 31.3 Å². The highest BCUT2D eigenvalue weighted by Crippen LogP contribution is 2.52. The molecule has 158 valence electrons. The first-order chi connectivity index (χ1) is 15.0. The number of thiophene rings is 2. The summed E-state index contributed by atoms with van der Waals surface area (Å²) in [6.07, 6.45) is 1.58. The van der Waals surface area contributed by atoms with E-state index in [9.17, 15) is 4.79 Å². The van der Waals surface area contributed by atoms with E-state index in [2.05, 4.69) is 61.2 Å². The van der Waals surface area contributed by atoms with E-state index in [-0.39, 0.29) is 5.41 Å². The van der Waals surface area contributed by atoms with E-state index >= 15 is 0 Å². The maximum Gasteiger partial charge on any atom is 0.173 e. The predicted molar refractivity (Wildman–Crippen MR) is 132 cm³/mol. The summed E-state index contributed by atoms with van der Waals surface area (Å²) in [5.41, 5.74) is 3.83. The summed E-state index contributed by atoms with van der Waals surface area (Å²) in [6, 6.07) is 15.3. The molecule has 1 fully saturated rings. The van der Waals surface area contributed by atoms with Crippen molar-refractivity contribution in [2.75, 3.05) is 31.2 Å². The highest BCUT2D eigenvalue weighted by molar-refractivity contribution is 7.26. The molecule has 3 heterocycles. The van der Waals surface area contributed by atoms with Crippen molar-refractivity contribution in [2.45, 2.75) is 26.7 Å². The van der Waals surface area contributed by atoms with Crippen LogP contribution in [0.3, 0.4) is 0 Å². The highest BCUT2D eigenvalue weighted by atomic mass is 32.1. The molecule has 0 unspecified atom stereocenters. The van der Waals surface area contributed by atoms with Crippen molar-refractivity contribution in [1.82, 2.24) is 0 Å². The van der Waals surface area contributed by atoms with E-state index in [1.54, 1.807) is 11.3 Å². The Morgan fingerprint density at radius 1 is 0.935 bits per heavy atom. The summed E-state index contributed by atoms with van der Waals surface area (Å²) in [4.78, 5) is 16.6. The molecule has 2 aromatic heterocycles. The van der Waals surface area contributed by atoms with Crippen LogP contribution in [0.2, 0.25) is 0 Å². The summed E-state index contributed by atoms with van der Waals surface area (Å²) in [7, 11) is 0. The molecule has 6 rings (SSSR count). The topological polar surface area (TPSA) is 29.5 Å². The lowest BCUT2D eigenvalue weighted by molar-refractivity contribution is 0.0918. The van der Waals surface area contributed by atoms with Crippen LogP contribution in [0.15, 0.2) is 42.5 Å². The zero-order chi connectivity index (χ0) is 21.2. The lowest BCUT2D eigenvalue weighted by Crippen LogP contribution is -2.36. The number of ether oxygens (including phenoxy) is 1. The van der Waals surface area contributed by atoms with Crippen LogP contribution in [0.1, 0.15) is 35.5 Å². The van der Waals surface area contributed by atoms with Gasteiger partial charge in [0.1, 0.15) is 5.00 Å². The standard InChI is InChI=1S/C26H25NO2S2/c1-26(2)14-19-22(25(27-10-12-29-13-11-27)31-24(19)20(28)15-26)18-8-5-7-17-16-6-3-4-9-21(16)30-23(17)18/h3-9H,10-15H2,1-2H3. The Balaban J connectivity index is 1.65. The Labute approximate surface area is 190 Å². The first kappa shape index (κ1) is 19.5. The zero-order valence-corrected chi connectivity index (χ0v) is 19.5. The molecular weight excluding hydrogens is 422 g/mol. The molecule has 1 aliphatic heterocycles. The number of benzene rings is 2. The molecule has 5 heteroatoms. The number of carbonyl (C=O) groups is 1. The number of hydrogen-bond donors (Lipinski definition) is 0. The van der Waals surface area contributed by atoms with Crippen LogP contribution in [0, 0.1) is 5.41 Å². The predicted octanol–water partition coefficient (Wildman–Crippen LogP) is 6.77. The minimum absolute atomic E-state index is 0.00373. The van der Waals surface area contributed by atoms with Crippen molar-refractivity contribution in [2.24, 2.45) is 5.41 Å². The van der Waals surface area contributed by atoms with Gasteiger partial charge in [-0.15, -0.1) is 22.7 Å². The smallest absolute Gasteiger partial charge is 0.173 e. The number of nitrogens with zero attached hydrogens (tertiary/aromatic N) is 1. The van der Waals surface area contributed by atoms with Crippen LogP contribution in [0.5, 0.6) is 0 Å². The van der Waals surface area contributed by atoms with Crippen molar-refractivity contribution in [3.63, 3.8) is 0 Å². The van der Waals surface area contributed by atoms with Gasteiger partial charge in [0.2, 0.25) is 0 Å².